The number of ether oxygens (including phenoxy) is 2. The van der Waals surface area contributed by atoms with Crippen LogP contribution in [-0.4, -0.2) is 29.2 Å². The van der Waals surface area contributed by atoms with Crippen LogP contribution in [0, 0.1) is 20.2 Å². The molecule has 0 N–H and O–H groups in total. The summed E-state index contributed by atoms with van der Waals surface area (Å²) in [7, 11) is 0. The SMILES string of the molecule is O=[N+]([O-])c1ccc(OCCC[C@@H]2CCCO2)c([N+](=O)[O-])c1. The third kappa shape index (κ3) is 4.12. The zero-order valence-corrected chi connectivity index (χ0v) is 11.4. The lowest BCUT2D eigenvalue weighted by atomic mass is 10.1. The Labute approximate surface area is 121 Å². The standard InChI is InChI=1S/C13H16N2O6/c16-14(17)10-5-6-13(12(9-10)15(18)19)21-8-2-4-11-3-1-7-20-11/h5-6,9,11H,1-4,7-8H2/t11-/m0/s1. The summed E-state index contributed by atoms with van der Waals surface area (Å²) in [5.41, 5.74) is -0.713. The Balaban J connectivity index is 1.92. The summed E-state index contributed by atoms with van der Waals surface area (Å²) in [4.78, 5) is 20.2. The second kappa shape index (κ2) is 6.98. The fourth-order valence-electron chi connectivity index (χ4n) is 2.25. The molecule has 0 spiro atoms. The third-order valence-corrected chi connectivity index (χ3v) is 3.30. The van der Waals surface area contributed by atoms with E-state index < -0.39 is 9.85 Å². The molecule has 0 unspecified atom stereocenters. The van der Waals surface area contributed by atoms with E-state index in [-0.39, 0.29) is 23.2 Å². The predicted molar refractivity (Wildman–Crippen MR) is 73.5 cm³/mol. The fourth-order valence-corrected chi connectivity index (χ4v) is 2.25. The van der Waals surface area contributed by atoms with Crippen LogP contribution in [0.5, 0.6) is 5.75 Å². The zero-order chi connectivity index (χ0) is 15.2. The Hall–Kier alpha value is -2.22. The lowest BCUT2D eigenvalue weighted by molar-refractivity contribution is -0.394. The van der Waals surface area contributed by atoms with E-state index in [1.807, 2.05) is 0 Å². The van der Waals surface area contributed by atoms with Crippen LogP contribution >= 0.6 is 0 Å². The molecular weight excluding hydrogens is 280 g/mol. The Bertz CT molecular complexity index is 527. The monoisotopic (exact) mass is 296 g/mol. The van der Waals surface area contributed by atoms with Crippen molar-refractivity contribution in [2.45, 2.75) is 31.8 Å². The number of nitro benzene ring substituents is 2. The van der Waals surface area contributed by atoms with Crippen molar-refractivity contribution in [3.63, 3.8) is 0 Å². The summed E-state index contributed by atoms with van der Waals surface area (Å²) in [5, 5.41) is 21.5. The van der Waals surface area contributed by atoms with Crippen molar-refractivity contribution in [3.05, 3.63) is 38.4 Å². The number of nitro groups is 2. The summed E-state index contributed by atoms with van der Waals surface area (Å²) in [6.07, 6.45) is 3.93. The molecule has 1 aromatic rings. The highest BCUT2D eigenvalue weighted by atomic mass is 16.6. The number of hydrogen-bond acceptors (Lipinski definition) is 6. The first-order chi connectivity index (χ1) is 10.1. The third-order valence-electron chi connectivity index (χ3n) is 3.30. The molecule has 0 aromatic heterocycles. The predicted octanol–water partition coefficient (Wildman–Crippen LogP) is 2.84. The Morgan fingerprint density at radius 1 is 1.29 bits per heavy atom. The summed E-state index contributed by atoms with van der Waals surface area (Å²) < 4.78 is 10.8. The summed E-state index contributed by atoms with van der Waals surface area (Å²) in [5.74, 6) is 0.0536. The van der Waals surface area contributed by atoms with Gasteiger partial charge in [0, 0.05) is 12.7 Å². The molecule has 0 amide bonds. The van der Waals surface area contributed by atoms with Crippen LogP contribution in [-0.2, 0) is 4.74 Å². The van der Waals surface area contributed by atoms with Crippen LogP contribution in [0.3, 0.4) is 0 Å². The number of benzene rings is 1. The van der Waals surface area contributed by atoms with Crippen LogP contribution in [0.25, 0.3) is 0 Å². The maximum Gasteiger partial charge on any atom is 0.317 e. The molecule has 1 saturated heterocycles. The molecule has 1 atom stereocenters. The quantitative estimate of drug-likeness (QED) is 0.435. The minimum absolute atomic E-state index is 0.0536. The van der Waals surface area contributed by atoms with Crippen molar-refractivity contribution < 1.29 is 19.3 Å². The second-order valence-corrected chi connectivity index (χ2v) is 4.79. The molecule has 1 aromatic carbocycles. The van der Waals surface area contributed by atoms with Crippen LogP contribution < -0.4 is 4.74 Å². The van der Waals surface area contributed by atoms with Crippen molar-refractivity contribution in [2.75, 3.05) is 13.2 Å². The number of hydrogen-bond donors (Lipinski definition) is 0. The summed E-state index contributed by atoms with van der Waals surface area (Å²) in [6, 6.07) is 3.38. The van der Waals surface area contributed by atoms with Crippen LogP contribution in [0.2, 0.25) is 0 Å². The molecule has 21 heavy (non-hydrogen) atoms. The van der Waals surface area contributed by atoms with E-state index in [4.69, 9.17) is 9.47 Å². The van der Waals surface area contributed by atoms with Crippen molar-refractivity contribution in [1.29, 1.82) is 0 Å². The minimum atomic E-state index is -0.678. The van der Waals surface area contributed by atoms with Gasteiger partial charge in [-0.25, -0.2) is 0 Å². The summed E-state index contributed by atoms with van der Waals surface area (Å²) >= 11 is 0. The molecule has 0 saturated carbocycles. The van der Waals surface area contributed by atoms with Crippen LogP contribution in [0.15, 0.2) is 18.2 Å². The molecule has 0 aliphatic carbocycles. The van der Waals surface area contributed by atoms with Gasteiger partial charge in [0.1, 0.15) is 0 Å². The highest BCUT2D eigenvalue weighted by Gasteiger charge is 2.21. The lowest BCUT2D eigenvalue weighted by Gasteiger charge is -2.10. The van der Waals surface area contributed by atoms with Gasteiger partial charge in [-0.2, -0.15) is 0 Å². The van der Waals surface area contributed by atoms with Crippen molar-refractivity contribution in [1.82, 2.24) is 0 Å². The molecule has 8 heteroatoms. The topological polar surface area (TPSA) is 105 Å². The fraction of sp³-hybridized carbons (Fsp3) is 0.538. The molecule has 1 aliphatic heterocycles. The average Bonchev–Trinajstić information content (AvgIpc) is 2.96. The van der Waals surface area contributed by atoms with Gasteiger partial charge in [-0.15, -0.1) is 0 Å². The zero-order valence-electron chi connectivity index (χ0n) is 11.4. The Morgan fingerprint density at radius 3 is 2.71 bits per heavy atom. The van der Waals surface area contributed by atoms with E-state index in [1.54, 1.807) is 0 Å². The van der Waals surface area contributed by atoms with E-state index in [0.717, 1.165) is 38.4 Å². The minimum Gasteiger partial charge on any atom is -0.487 e. The normalized spacial score (nSPS) is 17.6. The molecule has 1 fully saturated rings. The number of rotatable bonds is 7. The highest BCUT2D eigenvalue weighted by Crippen LogP contribution is 2.31. The highest BCUT2D eigenvalue weighted by molar-refractivity contribution is 5.53. The van der Waals surface area contributed by atoms with Crippen molar-refractivity contribution in [2.24, 2.45) is 0 Å². The van der Waals surface area contributed by atoms with Gasteiger partial charge in [-0.05, 0) is 31.7 Å². The van der Waals surface area contributed by atoms with E-state index >= 15 is 0 Å². The average molecular weight is 296 g/mol. The van der Waals surface area contributed by atoms with Gasteiger partial charge in [0.05, 0.1) is 28.6 Å². The maximum atomic E-state index is 10.9. The molecule has 114 valence electrons. The molecule has 1 aliphatic rings. The molecule has 8 nitrogen and oxygen atoms in total. The first-order valence-corrected chi connectivity index (χ1v) is 6.75. The largest absolute Gasteiger partial charge is 0.487 e. The van der Waals surface area contributed by atoms with E-state index in [1.165, 1.54) is 12.1 Å². The first-order valence-electron chi connectivity index (χ1n) is 6.75. The maximum absolute atomic E-state index is 10.9. The molecular formula is C13H16N2O6. The van der Waals surface area contributed by atoms with Crippen LogP contribution in [0.1, 0.15) is 25.7 Å². The van der Waals surface area contributed by atoms with Gasteiger partial charge >= 0.3 is 5.69 Å². The molecule has 1 heterocycles. The van der Waals surface area contributed by atoms with E-state index in [2.05, 4.69) is 0 Å². The smallest absolute Gasteiger partial charge is 0.317 e. The van der Waals surface area contributed by atoms with E-state index in [0.29, 0.717) is 6.61 Å². The van der Waals surface area contributed by atoms with Gasteiger partial charge in [0.25, 0.3) is 5.69 Å². The van der Waals surface area contributed by atoms with Gasteiger partial charge in [-0.1, -0.05) is 0 Å². The van der Waals surface area contributed by atoms with Crippen molar-refractivity contribution in [3.8, 4) is 5.75 Å². The van der Waals surface area contributed by atoms with Gasteiger partial charge in [-0.3, -0.25) is 20.2 Å². The second-order valence-electron chi connectivity index (χ2n) is 4.79. The number of non-ortho nitro benzene ring substituents is 1. The van der Waals surface area contributed by atoms with Gasteiger partial charge < -0.3 is 9.47 Å². The molecule has 0 bridgehead atoms. The first kappa shape index (κ1) is 15.2. The summed E-state index contributed by atoms with van der Waals surface area (Å²) in [6.45, 7) is 1.11. The molecule has 2 rings (SSSR count). The van der Waals surface area contributed by atoms with Gasteiger partial charge in [0.15, 0.2) is 5.75 Å². The van der Waals surface area contributed by atoms with Crippen molar-refractivity contribution >= 4 is 11.4 Å². The number of nitrogens with zero attached hydrogens (tertiary/aromatic N) is 2. The Morgan fingerprint density at radius 2 is 2.10 bits per heavy atom. The van der Waals surface area contributed by atoms with E-state index in [9.17, 15) is 20.2 Å². The Kier molecular flexibility index (Phi) is 5.04. The van der Waals surface area contributed by atoms with Crippen LogP contribution in [0.4, 0.5) is 11.4 Å². The molecule has 0 radical (unpaired) electrons. The van der Waals surface area contributed by atoms with Gasteiger partial charge in [0.2, 0.25) is 0 Å². The lowest BCUT2D eigenvalue weighted by Crippen LogP contribution is -2.08.